The predicted octanol–water partition coefficient (Wildman–Crippen LogP) is 2.72. The van der Waals surface area contributed by atoms with Crippen LogP contribution in [0.1, 0.15) is 51.4 Å². The summed E-state index contributed by atoms with van der Waals surface area (Å²) in [6.45, 7) is 9.27. The summed E-state index contributed by atoms with van der Waals surface area (Å²) in [6, 6.07) is 3.96. The smallest absolute Gasteiger partial charge is 0.253 e. The van der Waals surface area contributed by atoms with Crippen LogP contribution in [0, 0.1) is 5.92 Å². The van der Waals surface area contributed by atoms with E-state index in [4.69, 9.17) is 17.3 Å². The van der Waals surface area contributed by atoms with Gasteiger partial charge in [-0.3, -0.25) is 14.4 Å². The molecular weight excluding hydrogens is 403 g/mol. The van der Waals surface area contributed by atoms with Crippen molar-refractivity contribution in [2.75, 3.05) is 11.9 Å². The van der Waals surface area contributed by atoms with Crippen molar-refractivity contribution in [1.29, 1.82) is 0 Å². The van der Waals surface area contributed by atoms with Crippen LogP contribution in [0.2, 0.25) is 5.02 Å². The molecule has 0 unspecified atom stereocenters. The molecule has 0 saturated carbocycles. The molecule has 28 heavy (non-hydrogen) atoms. The summed E-state index contributed by atoms with van der Waals surface area (Å²) >= 11 is 6.19. The summed E-state index contributed by atoms with van der Waals surface area (Å²) in [5.41, 5.74) is 6.13. The highest BCUT2D eigenvalue weighted by atomic mass is 35.5. The highest BCUT2D eigenvalue weighted by molar-refractivity contribution is 6.34. The lowest BCUT2D eigenvalue weighted by molar-refractivity contribution is -0.125. The average molecular weight is 433 g/mol. The molecule has 0 aromatic heterocycles. The summed E-state index contributed by atoms with van der Waals surface area (Å²) < 4.78 is 0. The van der Waals surface area contributed by atoms with E-state index in [-0.39, 0.29) is 47.2 Å². The maximum Gasteiger partial charge on any atom is 0.253 e. The zero-order chi connectivity index (χ0) is 20.8. The number of nitrogens with two attached hydrogens (primary N) is 1. The molecule has 5 N–H and O–H groups in total. The molecular formula is C19H30Cl2N4O3. The van der Waals surface area contributed by atoms with Gasteiger partial charge in [0, 0.05) is 11.2 Å². The van der Waals surface area contributed by atoms with Crippen molar-refractivity contribution in [2.45, 2.75) is 52.6 Å². The van der Waals surface area contributed by atoms with E-state index in [1.165, 1.54) is 6.07 Å². The van der Waals surface area contributed by atoms with Gasteiger partial charge in [0.2, 0.25) is 11.8 Å². The predicted molar refractivity (Wildman–Crippen MR) is 115 cm³/mol. The van der Waals surface area contributed by atoms with E-state index in [1.807, 2.05) is 34.6 Å². The zero-order valence-corrected chi connectivity index (χ0v) is 18.5. The zero-order valence-electron chi connectivity index (χ0n) is 16.9. The number of nitrogens with one attached hydrogen (secondary N) is 3. The number of hydrogen-bond acceptors (Lipinski definition) is 4. The van der Waals surface area contributed by atoms with Gasteiger partial charge in [-0.25, -0.2) is 0 Å². The highest BCUT2D eigenvalue weighted by Crippen LogP contribution is 2.22. The number of carbonyl (C=O) groups is 3. The van der Waals surface area contributed by atoms with E-state index < -0.39 is 11.9 Å². The van der Waals surface area contributed by atoms with Crippen molar-refractivity contribution in [3.8, 4) is 0 Å². The Bertz CT molecular complexity index is 708. The molecule has 1 aromatic rings. The Labute approximate surface area is 177 Å². The third-order valence-electron chi connectivity index (χ3n) is 4.28. The first-order chi connectivity index (χ1) is 12.5. The van der Waals surface area contributed by atoms with E-state index in [0.717, 1.165) is 6.42 Å². The second-order valence-electron chi connectivity index (χ2n) is 7.42. The Morgan fingerprint density at radius 1 is 1.21 bits per heavy atom. The van der Waals surface area contributed by atoms with Crippen LogP contribution >= 0.6 is 24.0 Å². The Kier molecular flexibility index (Phi) is 10.5. The first kappa shape index (κ1) is 26.2. The van der Waals surface area contributed by atoms with Crippen LogP contribution in [-0.4, -0.2) is 35.8 Å². The van der Waals surface area contributed by atoms with Gasteiger partial charge in [0.05, 0.1) is 23.2 Å². The molecule has 7 nitrogen and oxygen atoms in total. The molecule has 158 valence electrons. The Morgan fingerprint density at radius 2 is 1.82 bits per heavy atom. The minimum absolute atomic E-state index is 0. The third kappa shape index (κ3) is 8.04. The summed E-state index contributed by atoms with van der Waals surface area (Å²) in [7, 11) is 0. The highest BCUT2D eigenvalue weighted by Gasteiger charge is 2.21. The maximum absolute atomic E-state index is 12.3. The van der Waals surface area contributed by atoms with Crippen LogP contribution in [0.3, 0.4) is 0 Å². The lowest BCUT2D eigenvalue weighted by Crippen LogP contribution is -2.46. The summed E-state index contributed by atoms with van der Waals surface area (Å²) in [5, 5.41) is 8.24. The van der Waals surface area contributed by atoms with Crippen LogP contribution in [0.5, 0.6) is 0 Å². The first-order valence-corrected chi connectivity index (χ1v) is 9.30. The molecule has 0 saturated heterocycles. The molecule has 1 atom stereocenters. The molecule has 0 radical (unpaired) electrons. The van der Waals surface area contributed by atoms with Crippen LogP contribution in [0.15, 0.2) is 18.2 Å². The molecule has 0 spiro atoms. The summed E-state index contributed by atoms with van der Waals surface area (Å²) in [5.74, 6) is -1.11. The van der Waals surface area contributed by atoms with Gasteiger partial charge in [0.25, 0.3) is 5.91 Å². The second kappa shape index (κ2) is 11.2. The fraction of sp³-hybridized carbons (Fsp3) is 0.526. The molecule has 9 heteroatoms. The number of hydrogen-bond donors (Lipinski definition) is 4. The lowest BCUT2D eigenvalue weighted by atomic mass is 10.0. The standard InChI is InChI=1S/C19H29ClN4O3.ClH/c1-6-19(4,5)24-17(26)13-8-7-12(9-14(13)20)23-15(25)10-22-18(27)16(21)11(2)3;/h7-9,11,16H,6,10,21H2,1-5H3,(H,22,27)(H,23,25)(H,24,26);1H/t16-;/m0./s1. The first-order valence-electron chi connectivity index (χ1n) is 8.92. The number of rotatable bonds is 8. The van der Waals surface area contributed by atoms with Crippen molar-refractivity contribution in [3.05, 3.63) is 28.8 Å². The van der Waals surface area contributed by atoms with Gasteiger partial charge in [-0.1, -0.05) is 32.4 Å². The molecule has 0 heterocycles. The molecule has 1 aromatic carbocycles. The Balaban J connectivity index is 0.00000729. The SMILES string of the molecule is CCC(C)(C)NC(=O)c1ccc(NC(=O)CNC(=O)[C@@H](N)C(C)C)cc1Cl.Cl. The summed E-state index contributed by atoms with van der Waals surface area (Å²) in [6.07, 6.45) is 0.774. The van der Waals surface area contributed by atoms with Gasteiger partial charge in [-0.15, -0.1) is 12.4 Å². The molecule has 3 amide bonds. The molecule has 0 aliphatic carbocycles. The number of anilines is 1. The van der Waals surface area contributed by atoms with E-state index in [0.29, 0.717) is 11.3 Å². The second-order valence-corrected chi connectivity index (χ2v) is 7.83. The van der Waals surface area contributed by atoms with E-state index >= 15 is 0 Å². The van der Waals surface area contributed by atoms with Crippen LogP contribution < -0.4 is 21.7 Å². The fourth-order valence-corrected chi connectivity index (χ4v) is 2.30. The molecule has 0 aliphatic heterocycles. The van der Waals surface area contributed by atoms with Gasteiger partial charge < -0.3 is 21.7 Å². The Hall–Kier alpha value is -1.83. The number of carbonyl (C=O) groups excluding carboxylic acids is 3. The van der Waals surface area contributed by atoms with Crippen molar-refractivity contribution >= 4 is 47.4 Å². The quantitative estimate of drug-likeness (QED) is 0.505. The minimum atomic E-state index is -0.669. The van der Waals surface area contributed by atoms with Gasteiger partial charge in [-0.05, 0) is 44.4 Å². The van der Waals surface area contributed by atoms with Crippen LogP contribution in [-0.2, 0) is 9.59 Å². The molecule has 0 aliphatic rings. The van der Waals surface area contributed by atoms with E-state index in [9.17, 15) is 14.4 Å². The van der Waals surface area contributed by atoms with Gasteiger partial charge in [-0.2, -0.15) is 0 Å². The summed E-state index contributed by atoms with van der Waals surface area (Å²) in [4.78, 5) is 36.1. The van der Waals surface area contributed by atoms with Crippen molar-refractivity contribution in [1.82, 2.24) is 10.6 Å². The molecule has 0 fully saturated rings. The average Bonchev–Trinajstić information content (AvgIpc) is 2.58. The minimum Gasteiger partial charge on any atom is -0.347 e. The molecule has 0 bridgehead atoms. The number of halogens is 2. The Morgan fingerprint density at radius 3 is 2.32 bits per heavy atom. The largest absolute Gasteiger partial charge is 0.347 e. The lowest BCUT2D eigenvalue weighted by Gasteiger charge is -2.24. The van der Waals surface area contributed by atoms with Crippen LogP contribution in [0.25, 0.3) is 0 Å². The number of benzene rings is 1. The van der Waals surface area contributed by atoms with Crippen molar-refractivity contribution in [3.63, 3.8) is 0 Å². The van der Waals surface area contributed by atoms with Gasteiger partial charge >= 0.3 is 0 Å². The van der Waals surface area contributed by atoms with Crippen LogP contribution in [0.4, 0.5) is 5.69 Å². The topological polar surface area (TPSA) is 113 Å². The monoisotopic (exact) mass is 432 g/mol. The van der Waals surface area contributed by atoms with Crippen molar-refractivity contribution < 1.29 is 14.4 Å². The maximum atomic E-state index is 12.3. The van der Waals surface area contributed by atoms with E-state index in [2.05, 4.69) is 16.0 Å². The fourth-order valence-electron chi connectivity index (χ4n) is 2.03. The normalized spacial score (nSPS) is 12.0. The van der Waals surface area contributed by atoms with Gasteiger partial charge in [0.15, 0.2) is 0 Å². The van der Waals surface area contributed by atoms with Gasteiger partial charge in [0.1, 0.15) is 0 Å². The van der Waals surface area contributed by atoms with E-state index in [1.54, 1.807) is 12.1 Å². The third-order valence-corrected chi connectivity index (χ3v) is 4.59. The molecule has 1 rings (SSSR count). The number of amides is 3. The van der Waals surface area contributed by atoms with Crippen molar-refractivity contribution in [2.24, 2.45) is 11.7 Å².